The van der Waals surface area contributed by atoms with Gasteiger partial charge < -0.3 is 14.2 Å². The first kappa shape index (κ1) is 27.3. The Morgan fingerprint density at radius 1 is 1.05 bits per heavy atom. The Bertz CT molecular complexity index is 1490. The van der Waals surface area contributed by atoms with Crippen LogP contribution in [0.15, 0.2) is 70.7 Å². The zero-order chi connectivity index (χ0) is 28.1. The lowest BCUT2D eigenvalue weighted by atomic mass is 10.1. The van der Waals surface area contributed by atoms with Crippen molar-refractivity contribution in [2.24, 2.45) is 0 Å². The molecule has 1 aliphatic rings. The van der Waals surface area contributed by atoms with Crippen LogP contribution < -0.4 is 24.4 Å². The maximum Gasteiger partial charge on any atom is 0.335 e. The van der Waals surface area contributed by atoms with Crippen molar-refractivity contribution in [1.82, 2.24) is 5.32 Å². The second kappa shape index (κ2) is 11.8. The topological polar surface area (TPSA) is 137 Å². The number of halogens is 1. The zero-order valence-corrected chi connectivity index (χ0v) is 22.4. The Morgan fingerprint density at radius 3 is 2.46 bits per heavy atom. The molecule has 1 heterocycles. The number of barbiturate groups is 1. The standard InChI is InChI=1S/C27H22BrN3O8/c1-3-38-20-9-7-18(8-10-20)30-26(33)21(25(32)29-27(30)34)12-17-13-22(28)24(23(14-17)37-2)39-15-16-5-4-6-19(11-16)31(35)36/h4-14H,3,15H2,1-2H3,(H,29,32,34)/b21-12+. The first-order valence-electron chi connectivity index (χ1n) is 11.6. The van der Waals surface area contributed by atoms with E-state index in [0.29, 0.717) is 33.7 Å². The molecular formula is C27H22BrN3O8. The van der Waals surface area contributed by atoms with Gasteiger partial charge in [-0.25, -0.2) is 9.69 Å². The number of benzene rings is 3. The Kier molecular flexibility index (Phi) is 8.25. The van der Waals surface area contributed by atoms with Crippen LogP contribution in [0, 0.1) is 10.1 Å². The van der Waals surface area contributed by atoms with E-state index in [1.54, 1.807) is 48.5 Å². The van der Waals surface area contributed by atoms with E-state index in [9.17, 15) is 24.5 Å². The molecule has 0 atom stereocenters. The fourth-order valence-corrected chi connectivity index (χ4v) is 4.37. The lowest BCUT2D eigenvalue weighted by molar-refractivity contribution is -0.384. The molecule has 1 fully saturated rings. The highest BCUT2D eigenvalue weighted by molar-refractivity contribution is 9.10. The second-order valence-electron chi connectivity index (χ2n) is 8.13. The van der Waals surface area contributed by atoms with Crippen LogP contribution in [-0.4, -0.2) is 36.5 Å². The number of ether oxygens (including phenoxy) is 3. The summed E-state index contributed by atoms with van der Waals surface area (Å²) < 4.78 is 17.1. The third-order valence-electron chi connectivity index (χ3n) is 5.57. The summed E-state index contributed by atoms with van der Waals surface area (Å²) in [5.74, 6) is -0.466. The van der Waals surface area contributed by atoms with Crippen molar-refractivity contribution in [3.8, 4) is 17.2 Å². The number of hydrogen-bond donors (Lipinski definition) is 1. The zero-order valence-electron chi connectivity index (χ0n) is 20.8. The van der Waals surface area contributed by atoms with Crippen molar-refractivity contribution in [2.75, 3.05) is 18.6 Å². The van der Waals surface area contributed by atoms with Gasteiger partial charge in [0.1, 0.15) is 17.9 Å². The minimum absolute atomic E-state index is 0.0249. The number of nitrogens with one attached hydrogen (secondary N) is 1. The van der Waals surface area contributed by atoms with Crippen LogP contribution in [-0.2, 0) is 16.2 Å². The van der Waals surface area contributed by atoms with Gasteiger partial charge in [-0.3, -0.25) is 25.0 Å². The second-order valence-corrected chi connectivity index (χ2v) is 8.99. The van der Waals surface area contributed by atoms with E-state index in [4.69, 9.17) is 14.2 Å². The number of imide groups is 2. The third kappa shape index (κ3) is 6.07. The monoisotopic (exact) mass is 595 g/mol. The van der Waals surface area contributed by atoms with Crippen molar-refractivity contribution in [3.05, 3.63) is 92.0 Å². The quantitative estimate of drug-likeness (QED) is 0.158. The number of hydrogen-bond acceptors (Lipinski definition) is 8. The van der Waals surface area contributed by atoms with Crippen molar-refractivity contribution in [1.29, 1.82) is 0 Å². The van der Waals surface area contributed by atoms with Crippen LogP contribution in [0.2, 0.25) is 0 Å². The third-order valence-corrected chi connectivity index (χ3v) is 6.16. The van der Waals surface area contributed by atoms with Crippen molar-refractivity contribution < 1.29 is 33.5 Å². The number of nitrogens with zero attached hydrogens (tertiary/aromatic N) is 2. The van der Waals surface area contributed by atoms with E-state index in [0.717, 1.165) is 4.90 Å². The van der Waals surface area contributed by atoms with Gasteiger partial charge in [-0.15, -0.1) is 0 Å². The van der Waals surface area contributed by atoms with Crippen LogP contribution in [0.3, 0.4) is 0 Å². The van der Waals surface area contributed by atoms with Crippen molar-refractivity contribution in [2.45, 2.75) is 13.5 Å². The molecule has 4 amide bonds. The molecule has 0 bridgehead atoms. The summed E-state index contributed by atoms with van der Waals surface area (Å²) in [6, 6.07) is 14.7. The van der Waals surface area contributed by atoms with E-state index in [1.807, 2.05) is 6.92 Å². The number of methoxy groups -OCH3 is 1. The fourth-order valence-electron chi connectivity index (χ4n) is 3.80. The van der Waals surface area contributed by atoms with Crippen molar-refractivity contribution in [3.63, 3.8) is 0 Å². The molecule has 1 saturated heterocycles. The van der Waals surface area contributed by atoms with E-state index < -0.39 is 22.8 Å². The number of anilines is 1. The average molecular weight is 596 g/mol. The predicted octanol–water partition coefficient (Wildman–Crippen LogP) is 5.01. The number of amides is 4. The SMILES string of the molecule is CCOc1ccc(N2C(=O)NC(=O)/C(=C\c3cc(Br)c(OCc4cccc([N+](=O)[O-])c4)c(OC)c3)C2=O)cc1. The molecular weight excluding hydrogens is 574 g/mol. The van der Waals surface area contributed by atoms with Gasteiger partial charge >= 0.3 is 6.03 Å². The van der Waals surface area contributed by atoms with Gasteiger partial charge in [0.2, 0.25) is 0 Å². The first-order valence-corrected chi connectivity index (χ1v) is 12.4. The predicted molar refractivity (Wildman–Crippen MR) is 145 cm³/mol. The van der Waals surface area contributed by atoms with Gasteiger partial charge in [0, 0.05) is 12.1 Å². The Labute approximate surface area is 231 Å². The number of non-ortho nitro benzene ring substituents is 1. The lowest BCUT2D eigenvalue weighted by Gasteiger charge is -2.26. The van der Waals surface area contributed by atoms with E-state index in [-0.39, 0.29) is 29.3 Å². The average Bonchev–Trinajstić information content (AvgIpc) is 2.91. The van der Waals surface area contributed by atoms with Crippen LogP contribution in [0.1, 0.15) is 18.1 Å². The van der Waals surface area contributed by atoms with Gasteiger partial charge in [-0.1, -0.05) is 12.1 Å². The van der Waals surface area contributed by atoms with Gasteiger partial charge in [-0.05, 0) is 76.5 Å². The number of nitro benzene ring substituents is 1. The van der Waals surface area contributed by atoms with Crippen molar-refractivity contribution >= 4 is 51.2 Å². The van der Waals surface area contributed by atoms with Gasteiger partial charge in [0.05, 0.1) is 28.8 Å². The largest absolute Gasteiger partial charge is 0.494 e. The number of carbonyl (C=O) groups excluding carboxylic acids is 3. The summed E-state index contributed by atoms with van der Waals surface area (Å²) in [6.45, 7) is 2.32. The molecule has 0 unspecified atom stereocenters. The number of rotatable bonds is 9. The summed E-state index contributed by atoms with van der Waals surface area (Å²) in [6.07, 6.45) is 1.34. The molecule has 39 heavy (non-hydrogen) atoms. The molecule has 1 N–H and O–H groups in total. The highest BCUT2D eigenvalue weighted by Gasteiger charge is 2.37. The van der Waals surface area contributed by atoms with Crippen LogP contribution in [0.25, 0.3) is 6.08 Å². The molecule has 11 nitrogen and oxygen atoms in total. The Balaban J connectivity index is 1.60. The number of carbonyl (C=O) groups is 3. The molecule has 1 aliphatic heterocycles. The van der Waals surface area contributed by atoms with Crippen LogP contribution in [0.5, 0.6) is 17.2 Å². The number of urea groups is 1. The maximum absolute atomic E-state index is 13.2. The summed E-state index contributed by atoms with van der Waals surface area (Å²) in [4.78, 5) is 49.7. The molecule has 0 saturated carbocycles. The normalized spacial score (nSPS) is 14.3. The molecule has 0 aromatic heterocycles. The highest BCUT2D eigenvalue weighted by atomic mass is 79.9. The molecule has 0 aliphatic carbocycles. The summed E-state index contributed by atoms with van der Waals surface area (Å²) >= 11 is 3.42. The Morgan fingerprint density at radius 2 is 1.79 bits per heavy atom. The van der Waals surface area contributed by atoms with E-state index in [1.165, 1.54) is 25.3 Å². The maximum atomic E-state index is 13.2. The first-order chi connectivity index (χ1) is 18.7. The van der Waals surface area contributed by atoms with Gasteiger partial charge in [0.25, 0.3) is 17.5 Å². The summed E-state index contributed by atoms with van der Waals surface area (Å²) in [7, 11) is 1.42. The molecule has 3 aromatic rings. The number of nitro groups is 1. The molecule has 200 valence electrons. The lowest BCUT2D eigenvalue weighted by Crippen LogP contribution is -2.54. The minimum atomic E-state index is -0.866. The molecule has 3 aromatic carbocycles. The van der Waals surface area contributed by atoms with Gasteiger partial charge in [0.15, 0.2) is 11.5 Å². The van der Waals surface area contributed by atoms with Gasteiger partial charge in [-0.2, -0.15) is 0 Å². The summed E-state index contributed by atoms with van der Waals surface area (Å²) in [5.41, 5.74) is 0.941. The van der Waals surface area contributed by atoms with E-state index >= 15 is 0 Å². The van der Waals surface area contributed by atoms with Crippen LogP contribution in [0.4, 0.5) is 16.2 Å². The fraction of sp³-hybridized carbons (Fsp3) is 0.148. The smallest absolute Gasteiger partial charge is 0.335 e. The Hall–Kier alpha value is -4.71. The van der Waals surface area contributed by atoms with Crippen LogP contribution >= 0.6 is 15.9 Å². The minimum Gasteiger partial charge on any atom is -0.494 e. The van der Waals surface area contributed by atoms with E-state index in [2.05, 4.69) is 21.2 Å². The highest BCUT2D eigenvalue weighted by Crippen LogP contribution is 2.38. The molecule has 0 radical (unpaired) electrons. The molecule has 4 rings (SSSR count). The molecule has 0 spiro atoms. The molecule has 12 heteroatoms. The summed E-state index contributed by atoms with van der Waals surface area (Å²) in [5, 5.41) is 13.2.